The fraction of sp³-hybridized carbons (Fsp3) is 0.667. The van der Waals surface area contributed by atoms with E-state index < -0.39 is 0 Å². The standard InChI is InChI=1S/C12H21NO2/c1-4-13-7-12-11(5-6-15-12)9-14-8-10(2)3/h5-6,10,13H,4,7-9H2,1-3H3. The molecule has 1 heterocycles. The van der Waals surface area contributed by atoms with Crippen molar-refractivity contribution in [3.05, 3.63) is 23.7 Å². The second kappa shape index (κ2) is 6.64. The average molecular weight is 211 g/mol. The highest BCUT2D eigenvalue weighted by molar-refractivity contribution is 5.15. The molecule has 86 valence electrons. The minimum atomic E-state index is 0.578. The first kappa shape index (κ1) is 12.3. The van der Waals surface area contributed by atoms with E-state index >= 15 is 0 Å². The van der Waals surface area contributed by atoms with Gasteiger partial charge in [0.15, 0.2) is 0 Å². The fourth-order valence-corrected chi connectivity index (χ4v) is 1.29. The molecule has 15 heavy (non-hydrogen) atoms. The van der Waals surface area contributed by atoms with Crippen molar-refractivity contribution in [2.24, 2.45) is 5.92 Å². The molecule has 0 aliphatic rings. The van der Waals surface area contributed by atoms with Crippen LogP contribution in [0.5, 0.6) is 0 Å². The highest BCUT2D eigenvalue weighted by atomic mass is 16.5. The Morgan fingerprint density at radius 2 is 2.27 bits per heavy atom. The Morgan fingerprint density at radius 3 is 2.93 bits per heavy atom. The van der Waals surface area contributed by atoms with Crippen LogP contribution in [0, 0.1) is 5.92 Å². The number of rotatable bonds is 7. The molecule has 0 amide bonds. The van der Waals surface area contributed by atoms with E-state index in [0.29, 0.717) is 12.5 Å². The average Bonchev–Trinajstić information content (AvgIpc) is 2.62. The predicted molar refractivity (Wildman–Crippen MR) is 60.6 cm³/mol. The summed E-state index contributed by atoms with van der Waals surface area (Å²) in [6, 6.07) is 1.98. The Hall–Kier alpha value is -0.800. The van der Waals surface area contributed by atoms with Crippen LogP contribution in [0.15, 0.2) is 16.7 Å². The van der Waals surface area contributed by atoms with Gasteiger partial charge in [-0.05, 0) is 18.5 Å². The Morgan fingerprint density at radius 1 is 1.47 bits per heavy atom. The molecule has 0 aliphatic heterocycles. The molecular weight excluding hydrogens is 190 g/mol. The van der Waals surface area contributed by atoms with Crippen molar-refractivity contribution in [3.8, 4) is 0 Å². The summed E-state index contributed by atoms with van der Waals surface area (Å²) in [5, 5.41) is 3.24. The lowest BCUT2D eigenvalue weighted by atomic mass is 10.2. The zero-order valence-electron chi connectivity index (χ0n) is 9.88. The molecule has 0 bridgehead atoms. The maximum atomic E-state index is 5.57. The Balaban J connectivity index is 2.35. The van der Waals surface area contributed by atoms with Gasteiger partial charge >= 0.3 is 0 Å². The fourth-order valence-electron chi connectivity index (χ4n) is 1.29. The van der Waals surface area contributed by atoms with Crippen molar-refractivity contribution in [3.63, 3.8) is 0 Å². The molecule has 0 saturated carbocycles. The zero-order valence-corrected chi connectivity index (χ0v) is 9.88. The van der Waals surface area contributed by atoms with Gasteiger partial charge in [-0.1, -0.05) is 20.8 Å². The van der Waals surface area contributed by atoms with Crippen LogP contribution in [0.25, 0.3) is 0 Å². The van der Waals surface area contributed by atoms with Gasteiger partial charge in [-0.15, -0.1) is 0 Å². The lowest BCUT2D eigenvalue weighted by Crippen LogP contribution is -2.12. The molecule has 3 heteroatoms. The molecular formula is C12H21NO2. The zero-order chi connectivity index (χ0) is 11.1. The van der Waals surface area contributed by atoms with Gasteiger partial charge in [-0.3, -0.25) is 0 Å². The third kappa shape index (κ3) is 4.49. The van der Waals surface area contributed by atoms with Gasteiger partial charge in [-0.25, -0.2) is 0 Å². The van der Waals surface area contributed by atoms with Crippen LogP contribution in [0.1, 0.15) is 32.1 Å². The lowest BCUT2D eigenvalue weighted by Gasteiger charge is -2.07. The van der Waals surface area contributed by atoms with Crippen LogP contribution in [-0.2, 0) is 17.9 Å². The predicted octanol–water partition coefficient (Wildman–Crippen LogP) is 2.56. The maximum absolute atomic E-state index is 5.57. The van der Waals surface area contributed by atoms with Crippen molar-refractivity contribution in [1.29, 1.82) is 0 Å². The summed E-state index contributed by atoms with van der Waals surface area (Å²) in [5.74, 6) is 1.56. The maximum Gasteiger partial charge on any atom is 0.123 e. The molecule has 1 aromatic heterocycles. The first-order chi connectivity index (χ1) is 7.24. The molecule has 0 atom stereocenters. The third-order valence-electron chi connectivity index (χ3n) is 2.08. The number of furan rings is 1. The monoisotopic (exact) mass is 211 g/mol. The van der Waals surface area contributed by atoms with Gasteiger partial charge in [-0.2, -0.15) is 0 Å². The van der Waals surface area contributed by atoms with Gasteiger partial charge in [0, 0.05) is 12.2 Å². The van der Waals surface area contributed by atoms with Crippen molar-refractivity contribution in [1.82, 2.24) is 5.32 Å². The van der Waals surface area contributed by atoms with Crippen molar-refractivity contribution in [2.45, 2.75) is 33.9 Å². The Labute approximate surface area is 91.8 Å². The SMILES string of the molecule is CCNCc1occc1COCC(C)C. The Kier molecular flexibility index (Phi) is 5.43. The van der Waals surface area contributed by atoms with E-state index in [1.54, 1.807) is 6.26 Å². The van der Waals surface area contributed by atoms with E-state index in [2.05, 4.69) is 26.1 Å². The largest absolute Gasteiger partial charge is 0.468 e. The summed E-state index contributed by atoms with van der Waals surface area (Å²) < 4.78 is 11.0. The van der Waals surface area contributed by atoms with Crippen LogP contribution in [-0.4, -0.2) is 13.2 Å². The highest BCUT2D eigenvalue weighted by Gasteiger charge is 2.05. The summed E-state index contributed by atoms with van der Waals surface area (Å²) >= 11 is 0. The highest BCUT2D eigenvalue weighted by Crippen LogP contribution is 2.12. The summed E-state index contributed by atoms with van der Waals surface area (Å²) in [6.45, 7) is 9.56. The molecule has 1 N–H and O–H groups in total. The third-order valence-corrected chi connectivity index (χ3v) is 2.08. The van der Waals surface area contributed by atoms with Gasteiger partial charge in [0.25, 0.3) is 0 Å². The smallest absolute Gasteiger partial charge is 0.123 e. The van der Waals surface area contributed by atoms with E-state index in [4.69, 9.17) is 9.15 Å². The molecule has 0 aromatic carbocycles. The van der Waals surface area contributed by atoms with Crippen LogP contribution >= 0.6 is 0 Å². The lowest BCUT2D eigenvalue weighted by molar-refractivity contribution is 0.0959. The molecule has 0 fully saturated rings. The molecule has 1 rings (SSSR count). The normalized spacial score (nSPS) is 11.2. The quantitative estimate of drug-likeness (QED) is 0.752. The first-order valence-electron chi connectivity index (χ1n) is 5.57. The van der Waals surface area contributed by atoms with Gasteiger partial charge in [0.1, 0.15) is 5.76 Å². The molecule has 3 nitrogen and oxygen atoms in total. The summed E-state index contributed by atoms with van der Waals surface area (Å²) in [4.78, 5) is 0. The van der Waals surface area contributed by atoms with E-state index in [1.807, 2.05) is 6.07 Å². The van der Waals surface area contributed by atoms with Crippen LogP contribution in [0.3, 0.4) is 0 Å². The first-order valence-corrected chi connectivity index (χ1v) is 5.57. The molecule has 1 aromatic rings. The second-order valence-corrected chi connectivity index (χ2v) is 4.06. The van der Waals surface area contributed by atoms with Gasteiger partial charge in [0.2, 0.25) is 0 Å². The number of ether oxygens (including phenoxy) is 1. The van der Waals surface area contributed by atoms with Crippen LogP contribution < -0.4 is 5.32 Å². The Bertz CT molecular complexity index is 268. The topological polar surface area (TPSA) is 34.4 Å². The summed E-state index contributed by atoms with van der Waals surface area (Å²) in [5.41, 5.74) is 1.15. The number of nitrogens with one attached hydrogen (secondary N) is 1. The number of hydrogen-bond donors (Lipinski definition) is 1. The van der Waals surface area contributed by atoms with E-state index in [9.17, 15) is 0 Å². The van der Waals surface area contributed by atoms with Gasteiger partial charge in [0.05, 0.1) is 19.4 Å². The van der Waals surface area contributed by atoms with Crippen molar-refractivity contribution >= 4 is 0 Å². The van der Waals surface area contributed by atoms with Crippen LogP contribution in [0.2, 0.25) is 0 Å². The molecule has 0 radical (unpaired) electrons. The minimum absolute atomic E-state index is 0.578. The van der Waals surface area contributed by atoms with E-state index in [-0.39, 0.29) is 0 Å². The van der Waals surface area contributed by atoms with Crippen molar-refractivity contribution < 1.29 is 9.15 Å². The second-order valence-electron chi connectivity index (χ2n) is 4.06. The van der Waals surface area contributed by atoms with E-state index in [1.165, 1.54) is 0 Å². The van der Waals surface area contributed by atoms with E-state index in [0.717, 1.165) is 31.0 Å². The molecule has 0 aliphatic carbocycles. The minimum Gasteiger partial charge on any atom is -0.468 e. The van der Waals surface area contributed by atoms with Crippen molar-refractivity contribution in [2.75, 3.05) is 13.2 Å². The summed E-state index contributed by atoms with van der Waals surface area (Å²) in [6.07, 6.45) is 1.72. The molecule has 0 unspecified atom stereocenters. The van der Waals surface area contributed by atoms with Crippen LogP contribution in [0.4, 0.5) is 0 Å². The summed E-state index contributed by atoms with van der Waals surface area (Å²) in [7, 11) is 0. The molecule has 0 spiro atoms. The number of hydrogen-bond acceptors (Lipinski definition) is 3. The van der Waals surface area contributed by atoms with Gasteiger partial charge < -0.3 is 14.5 Å². The molecule has 0 saturated heterocycles.